The minimum atomic E-state index is 0.426. The van der Waals surface area contributed by atoms with Gasteiger partial charge in [-0.15, -0.1) is 24.4 Å². The lowest BCUT2D eigenvalue weighted by atomic mass is 10.3. The molecule has 0 aliphatic rings. The Hall–Kier alpha value is -0.390. The molecule has 0 aliphatic carbocycles. The minimum Gasteiger partial charge on any atom is -0.300 e. The van der Waals surface area contributed by atoms with Crippen LogP contribution in [-0.4, -0.2) is 10.6 Å². The number of hydrogen-bond acceptors (Lipinski definition) is 3. The van der Waals surface area contributed by atoms with Gasteiger partial charge in [0, 0.05) is 4.90 Å². The van der Waals surface area contributed by atoms with E-state index in [4.69, 9.17) is 12.2 Å². The summed E-state index contributed by atoms with van der Waals surface area (Å²) in [6.07, 6.45) is 2.04. The number of thioether (sulfide) groups is 1. The molecule has 0 unspecified atom stereocenters. The summed E-state index contributed by atoms with van der Waals surface area (Å²) in [7, 11) is 0. The van der Waals surface area contributed by atoms with Crippen molar-refractivity contribution in [2.75, 3.05) is 11.7 Å². The Morgan fingerprint density at radius 1 is 1.54 bits per heavy atom. The van der Waals surface area contributed by atoms with Gasteiger partial charge in [-0.2, -0.15) is 0 Å². The lowest BCUT2D eigenvalue weighted by molar-refractivity contribution is 1.16. The Morgan fingerprint density at radius 2 is 2.31 bits per heavy atom. The highest BCUT2D eigenvalue weighted by molar-refractivity contribution is 8.11. The third kappa shape index (κ3) is 3.89. The SMILES string of the molecule is CSc1cccc(NNC(=S)S)c1. The molecule has 2 nitrogen and oxygen atoms in total. The van der Waals surface area contributed by atoms with Crippen molar-refractivity contribution in [1.82, 2.24) is 5.43 Å². The Bertz CT molecular complexity index is 301. The maximum Gasteiger partial charge on any atom is 0.149 e. The maximum atomic E-state index is 4.74. The molecule has 0 heterocycles. The van der Waals surface area contributed by atoms with Crippen molar-refractivity contribution in [1.29, 1.82) is 0 Å². The Labute approximate surface area is 92.9 Å². The van der Waals surface area contributed by atoms with E-state index in [1.54, 1.807) is 11.8 Å². The van der Waals surface area contributed by atoms with Gasteiger partial charge in [0.25, 0.3) is 0 Å². The van der Waals surface area contributed by atoms with Gasteiger partial charge < -0.3 is 0 Å². The predicted molar refractivity (Wildman–Crippen MR) is 66.6 cm³/mol. The summed E-state index contributed by atoms with van der Waals surface area (Å²) in [5, 5.41) is 0. The summed E-state index contributed by atoms with van der Waals surface area (Å²) in [6, 6.07) is 8.02. The van der Waals surface area contributed by atoms with E-state index in [1.807, 2.05) is 24.5 Å². The van der Waals surface area contributed by atoms with Crippen LogP contribution in [0.25, 0.3) is 0 Å². The van der Waals surface area contributed by atoms with Gasteiger partial charge in [0.15, 0.2) is 0 Å². The van der Waals surface area contributed by atoms with Crippen molar-refractivity contribution in [3.63, 3.8) is 0 Å². The summed E-state index contributed by atoms with van der Waals surface area (Å²) < 4.78 is 0.426. The van der Waals surface area contributed by atoms with Gasteiger partial charge in [-0.25, -0.2) is 0 Å². The molecule has 0 saturated carbocycles. The van der Waals surface area contributed by atoms with E-state index in [-0.39, 0.29) is 0 Å². The monoisotopic (exact) mass is 230 g/mol. The van der Waals surface area contributed by atoms with Crippen LogP contribution in [0.3, 0.4) is 0 Å². The first-order valence-corrected chi connectivity index (χ1v) is 5.69. The smallest absolute Gasteiger partial charge is 0.149 e. The second kappa shape index (κ2) is 5.36. The number of nitrogens with one attached hydrogen (secondary N) is 2. The second-order valence-corrected chi connectivity index (χ2v) is 4.32. The van der Waals surface area contributed by atoms with Crippen LogP contribution < -0.4 is 10.9 Å². The molecule has 0 aromatic heterocycles. The maximum absolute atomic E-state index is 4.74. The van der Waals surface area contributed by atoms with Crippen molar-refractivity contribution in [2.45, 2.75) is 4.90 Å². The van der Waals surface area contributed by atoms with E-state index in [0.29, 0.717) is 4.32 Å². The van der Waals surface area contributed by atoms with Gasteiger partial charge in [-0.05, 0) is 24.5 Å². The topological polar surface area (TPSA) is 24.1 Å². The molecule has 13 heavy (non-hydrogen) atoms. The number of anilines is 1. The predicted octanol–water partition coefficient (Wildman–Crippen LogP) is 2.54. The number of thiol groups is 1. The Morgan fingerprint density at radius 3 is 2.92 bits per heavy atom. The van der Waals surface area contributed by atoms with Crippen molar-refractivity contribution < 1.29 is 0 Å². The van der Waals surface area contributed by atoms with Crippen LogP contribution >= 0.6 is 36.6 Å². The third-order valence-corrected chi connectivity index (χ3v) is 2.32. The van der Waals surface area contributed by atoms with E-state index >= 15 is 0 Å². The summed E-state index contributed by atoms with van der Waals surface area (Å²) >= 11 is 10.4. The zero-order chi connectivity index (χ0) is 9.68. The highest BCUT2D eigenvalue weighted by Gasteiger charge is 1.93. The molecule has 1 aromatic carbocycles. The van der Waals surface area contributed by atoms with Gasteiger partial charge >= 0.3 is 0 Å². The molecule has 1 aromatic rings. The van der Waals surface area contributed by atoms with Crippen molar-refractivity contribution in [2.24, 2.45) is 0 Å². The Kier molecular flexibility index (Phi) is 4.41. The van der Waals surface area contributed by atoms with E-state index in [2.05, 4.69) is 29.5 Å². The first-order chi connectivity index (χ1) is 6.22. The van der Waals surface area contributed by atoms with Gasteiger partial charge in [0.2, 0.25) is 0 Å². The normalized spacial score (nSPS) is 9.38. The molecule has 70 valence electrons. The second-order valence-electron chi connectivity index (χ2n) is 2.29. The first-order valence-electron chi connectivity index (χ1n) is 3.61. The van der Waals surface area contributed by atoms with Crippen LogP contribution in [0, 0.1) is 0 Å². The third-order valence-electron chi connectivity index (χ3n) is 1.38. The number of hydrogen-bond donors (Lipinski definition) is 3. The molecule has 0 fully saturated rings. The van der Waals surface area contributed by atoms with Crippen molar-refractivity contribution in [3.8, 4) is 0 Å². The largest absolute Gasteiger partial charge is 0.300 e. The lowest BCUT2D eigenvalue weighted by Gasteiger charge is -2.07. The fourth-order valence-electron chi connectivity index (χ4n) is 0.826. The number of benzene rings is 1. The number of rotatable bonds is 3. The summed E-state index contributed by atoms with van der Waals surface area (Å²) in [5.74, 6) is 0. The fraction of sp³-hybridized carbons (Fsp3) is 0.125. The number of hydrazine groups is 1. The standard InChI is InChI=1S/C8H10N2S3/c1-13-7-4-2-3-6(5-7)9-10-8(11)12/h2-5,9H,1H3,(H2,10,11,12). The summed E-state index contributed by atoms with van der Waals surface area (Å²) in [4.78, 5) is 1.21. The van der Waals surface area contributed by atoms with Crippen LogP contribution in [-0.2, 0) is 0 Å². The van der Waals surface area contributed by atoms with E-state index in [9.17, 15) is 0 Å². The quantitative estimate of drug-likeness (QED) is 0.321. The molecule has 0 aliphatic heterocycles. The molecule has 0 radical (unpaired) electrons. The zero-order valence-electron chi connectivity index (χ0n) is 7.07. The Balaban J connectivity index is 2.61. The fourth-order valence-corrected chi connectivity index (χ4v) is 1.39. The molecule has 0 bridgehead atoms. The lowest BCUT2D eigenvalue weighted by Crippen LogP contribution is -2.23. The minimum absolute atomic E-state index is 0.426. The van der Waals surface area contributed by atoms with Gasteiger partial charge in [-0.1, -0.05) is 18.3 Å². The van der Waals surface area contributed by atoms with Gasteiger partial charge in [-0.3, -0.25) is 10.9 Å². The highest BCUT2D eigenvalue weighted by Crippen LogP contribution is 2.18. The zero-order valence-corrected chi connectivity index (χ0v) is 9.60. The molecule has 2 N–H and O–H groups in total. The molecule has 5 heteroatoms. The highest BCUT2D eigenvalue weighted by atomic mass is 32.2. The van der Waals surface area contributed by atoms with Gasteiger partial charge in [0.05, 0.1) is 5.69 Å². The first kappa shape index (κ1) is 10.7. The van der Waals surface area contributed by atoms with Crippen LogP contribution in [0.5, 0.6) is 0 Å². The van der Waals surface area contributed by atoms with Crippen LogP contribution in [0.4, 0.5) is 5.69 Å². The molecule has 0 spiro atoms. The van der Waals surface area contributed by atoms with E-state index in [1.165, 1.54) is 4.90 Å². The summed E-state index contributed by atoms with van der Waals surface area (Å²) in [6.45, 7) is 0. The van der Waals surface area contributed by atoms with E-state index < -0.39 is 0 Å². The van der Waals surface area contributed by atoms with Gasteiger partial charge in [0.1, 0.15) is 4.32 Å². The summed E-state index contributed by atoms with van der Waals surface area (Å²) in [5.41, 5.74) is 6.66. The van der Waals surface area contributed by atoms with Crippen LogP contribution in [0.2, 0.25) is 0 Å². The van der Waals surface area contributed by atoms with Crippen molar-refractivity contribution >= 4 is 46.6 Å². The van der Waals surface area contributed by atoms with Crippen molar-refractivity contribution in [3.05, 3.63) is 24.3 Å². The molecular formula is C8H10N2S3. The molecule has 0 amide bonds. The average Bonchev–Trinajstić information content (AvgIpc) is 2.15. The molecule has 0 atom stereocenters. The molecule has 1 rings (SSSR count). The molecular weight excluding hydrogens is 220 g/mol. The van der Waals surface area contributed by atoms with Crippen LogP contribution in [0.1, 0.15) is 0 Å². The van der Waals surface area contributed by atoms with E-state index in [0.717, 1.165) is 5.69 Å². The average molecular weight is 230 g/mol. The molecule has 0 saturated heterocycles. The number of thiocarbonyl (C=S) groups is 1. The van der Waals surface area contributed by atoms with Crippen LogP contribution in [0.15, 0.2) is 29.2 Å².